The van der Waals surface area contributed by atoms with E-state index >= 15 is 0 Å². The van der Waals surface area contributed by atoms with E-state index in [9.17, 15) is 18.0 Å². The van der Waals surface area contributed by atoms with Crippen LogP contribution >= 0.6 is 11.8 Å². The number of benzene rings is 3. The average molecular weight is 535 g/mol. The Balaban J connectivity index is 1.54. The number of nitrogens with zero attached hydrogens (tertiary/aromatic N) is 1. The molecule has 4 rings (SSSR count). The number of thioether (sulfide) groups is 1. The molecule has 0 saturated heterocycles. The van der Waals surface area contributed by atoms with Crippen molar-refractivity contribution in [3.63, 3.8) is 0 Å². The normalized spacial score (nSPS) is 14.0. The van der Waals surface area contributed by atoms with Gasteiger partial charge in [-0.3, -0.25) is 4.79 Å². The van der Waals surface area contributed by atoms with Crippen LogP contribution in [0.2, 0.25) is 0 Å². The van der Waals surface area contributed by atoms with Gasteiger partial charge in [0.1, 0.15) is 18.3 Å². The molecule has 0 aliphatic carbocycles. The molecule has 3 aromatic carbocycles. The van der Waals surface area contributed by atoms with Crippen LogP contribution in [0.4, 0.5) is 0 Å². The molecule has 0 fully saturated rings. The van der Waals surface area contributed by atoms with Crippen molar-refractivity contribution >= 4 is 33.7 Å². The van der Waals surface area contributed by atoms with E-state index < -0.39 is 27.9 Å². The number of nitrogens with one attached hydrogen (secondary N) is 1. The molecule has 0 unspecified atom stereocenters. The maximum atomic E-state index is 13.4. The topological polar surface area (TPSA) is 92.8 Å². The minimum absolute atomic E-state index is 0.0516. The van der Waals surface area contributed by atoms with Gasteiger partial charge in [0.25, 0.3) is 15.9 Å². The maximum Gasteiger partial charge on any atom is 0.329 e. The Labute approximate surface area is 220 Å². The van der Waals surface area contributed by atoms with Crippen LogP contribution in [0.5, 0.6) is 0 Å². The summed E-state index contributed by atoms with van der Waals surface area (Å²) in [6.45, 7) is 1.91. The van der Waals surface area contributed by atoms with Gasteiger partial charge in [-0.05, 0) is 35.6 Å². The predicted molar refractivity (Wildman–Crippen MR) is 143 cm³/mol. The maximum absolute atomic E-state index is 13.4. The molecule has 190 valence electrons. The lowest BCUT2D eigenvalue weighted by Crippen LogP contribution is -2.46. The van der Waals surface area contributed by atoms with E-state index in [0.29, 0.717) is 0 Å². The zero-order chi connectivity index (χ0) is 26.3. The van der Waals surface area contributed by atoms with Crippen molar-refractivity contribution in [2.75, 3.05) is 0 Å². The Hall–Kier alpha value is -3.82. The number of hydrogen-bond acceptors (Lipinski definition) is 6. The molecular weight excluding hydrogens is 508 g/mol. The molecule has 1 atom stereocenters. The summed E-state index contributed by atoms with van der Waals surface area (Å²) in [7, 11) is -4.05. The summed E-state index contributed by atoms with van der Waals surface area (Å²) in [4.78, 5) is 26.5. The fraction of sp³-hybridized carbons (Fsp3) is 0.143. The number of rotatable bonds is 9. The quantitative estimate of drug-likeness (QED) is 0.406. The molecule has 1 aliphatic heterocycles. The predicted octanol–water partition coefficient (Wildman–Crippen LogP) is 4.52. The van der Waals surface area contributed by atoms with E-state index in [1.807, 2.05) is 67.6 Å². The molecule has 9 heteroatoms. The van der Waals surface area contributed by atoms with Gasteiger partial charge in [-0.25, -0.2) is 17.5 Å². The largest absolute Gasteiger partial charge is 0.459 e. The SMILES string of the molecule is Cc1ccc(S(=O)(=O)N2C=CSC=C2C(=O)N[C@H](Cc2ccccc2)C(=O)OCc2ccccc2)cc1. The molecule has 0 saturated carbocycles. The Morgan fingerprint density at radius 3 is 2.19 bits per heavy atom. The second kappa shape index (κ2) is 11.9. The second-order valence-electron chi connectivity index (χ2n) is 8.35. The van der Waals surface area contributed by atoms with Gasteiger partial charge in [0.2, 0.25) is 0 Å². The van der Waals surface area contributed by atoms with Crippen molar-refractivity contribution in [2.45, 2.75) is 30.9 Å². The van der Waals surface area contributed by atoms with Crippen LogP contribution in [0.25, 0.3) is 0 Å². The fourth-order valence-corrected chi connectivity index (χ4v) is 5.70. The number of sulfonamides is 1. The fourth-order valence-electron chi connectivity index (χ4n) is 3.62. The third kappa shape index (κ3) is 6.69. The molecular formula is C28H26N2O5S2. The summed E-state index contributed by atoms with van der Waals surface area (Å²) in [6, 6.07) is 23.8. The van der Waals surface area contributed by atoms with Crippen LogP contribution in [0.15, 0.2) is 113 Å². The summed E-state index contributed by atoms with van der Waals surface area (Å²) in [6.07, 6.45) is 1.51. The molecule has 0 radical (unpaired) electrons. The van der Waals surface area contributed by atoms with Crippen molar-refractivity contribution in [1.82, 2.24) is 9.62 Å². The summed E-state index contributed by atoms with van der Waals surface area (Å²) >= 11 is 1.17. The highest BCUT2D eigenvalue weighted by molar-refractivity contribution is 8.05. The molecule has 0 spiro atoms. The van der Waals surface area contributed by atoms with Crippen LogP contribution < -0.4 is 5.32 Å². The highest BCUT2D eigenvalue weighted by atomic mass is 32.2. The van der Waals surface area contributed by atoms with E-state index in [4.69, 9.17) is 4.74 Å². The molecule has 37 heavy (non-hydrogen) atoms. The van der Waals surface area contributed by atoms with Crippen molar-refractivity contribution < 1.29 is 22.7 Å². The van der Waals surface area contributed by atoms with Crippen LogP contribution in [0.1, 0.15) is 16.7 Å². The molecule has 1 heterocycles. The highest BCUT2D eigenvalue weighted by Crippen LogP contribution is 2.28. The number of hydrogen-bond donors (Lipinski definition) is 1. The third-order valence-corrected chi connectivity index (χ3v) is 7.94. The smallest absolute Gasteiger partial charge is 0.329 e. The van der Waals surface area contributed by atoms with Crippen LogP contribution in [0.3, 0.4) is 0 Å². The minimum Gasteiger partial charge on any atom is -0.459 e. The van der Waals surface area contributed by atoms with Gasteiger partial charge in [-0.1, -0.05) is 78.4 Å². The lowest BCUT2D eigenvalue weighted by molar-refractivity contribution is -0.148. The van der Waals surface area contributed by atoms with Crippen molar-refractivity contribution in [3.05, 3.63) is 124 Å². The van der Waals surface area contributed by atoms with Gasteiger partial charge >= 0.3 is 5.97 Å². The third-order valence-electron chi connectivity index (χ3n) is 5.60. The summed E-state index contributed by atoms with van der Waals surface area (Å²) in [5.74, 6) is -1.32. The number of carbonyl (C=O) groups is 2. The van der Waals surface area contributed by atoms with Crippen molar-refractivity contribution in [3.8, 4) is 0 Å². The Morgan fingerprint density at radius 1 is 0.919 bits per heavy atom. The van der Waals surface area contributed by atoms with E-state index in [-0.39, 0.29) is 23.6 Å². The molecule has 7 nitrogen and oxygen atoms in total. The van der Waals surface area contributed by atoms with Gasteiger partial charge in [0.05, 0.1) is 4.90 Å². The van der Waals surface area contributed by atoms with Crippen LogP contribution in [0, 0.1) is 6.92 Å². The lowest BCUT2D eigenvalue weighted by Gasteiger charge is -2.26. The van der Waals surface area contributed by atoms with E-state index in [1.165, 1.54) is 35.5 Å². The summed E-state index contributed by atoms with van der Waals surface area (Å²) in [5.41, 5.74) is 2.44. The van der Waals surface area contributed by atoms with Gasteiger partial charge in [0, 0.05) is 18.0 Å². The molecule has 1 aliphatic rings. The Kier molecular flexibility index (Phi) is 8.47. The number of aryl methyl sites for hydroxylation is 1. The first-order valence-corrected chi connectivity index (χ1v) is 13.9. The monoisotopic (exact) mass is 534 g/mol. The zero-order valence-electron chi connectivity index (χ0n) is 20.1. The average Bonchev–Trinajstić information content (AvgIpc) is 2.92. The van der Waals surface area contributed by atoms with Gasteiger partial charge < -0.3 is 10.1 Å². The van der Waals surface area contributed by atoms with Gasteiger partial charge in [0.15, 0.2) is 0 Å². The van der Waals surface area contributed by atoms with E-state index in [2.05, 4.69) is 5.32 Å². The molecule has 1 amide bonds. The number of amides is 1. The first-order valence-electron chi connectivity index (χ1n) is 11.5. The first kappa shape index (κ1) is 26.2. The number of esters is 1. The van der Waals surface area contributed by atoms with E-state index in [0.717, 1.165) is 21.0 Å². The Morgan fingerprint density at radius 2 is 1.54 bits per heavy atom. The standard InChI is InChI=1S/C28H26N2O5S2/c1-21-12-14-24(15-13-21)37(33,34)30-16-17-36-20-26(30)27(31)29-25(18-22-8-4-2-5-9-22)28(32)35-19-23-10-6-3-7-11-23/h2-17,20,25H,18-19H2,1H3,(H,29,31)/t25-/m1/s1. The zero-order valence-corrected chi connectivity index (χ0v) is 21.7. The molecule has 0 bridgehead atoms. The molecule has 0 aromatic heterocycles. The second-order valence-corrected chi connectivity index (χ2v) is 10.9. The first-order chi connectivity index (χ1) is 17.8. The highest BCUT2D eigenvalue weighted by Gasteiger charge is 2.32. The van der Waals surface area contributed by atoms with Crippen molar-refractivity contribution in [1.29, 1.82) is 0 Å². The number of ether oxygens (including phenoxy) is 1. The van der Waals surface area contributed by atoms with Crippen LogP contribution in [-0.4, -0.2) is 30.6 Å². The molecule has 1 N–H and O–H groups in total. The Bertz CT molecular complexity index is 1400. The minimum atomic E-state index is -4.05. The van der Waals surface area contributed by atoms with Crippen LogP contribution in [-0.2, 0) is 37.4 Å². The van der Waals surface area contributed by atoms with Gasteiger partial charge in [-0.15, -0.1) is 11.8 Å². The number of carbonyl (C=O) groups excluding carboxylic acids is 2. The van der Waals surface area contributed by atoms with E-state index in [1.54, 1.807) is 17.5 Å². The van der Waals surface area contributed by atoms with Gasteiger partial charge in [-0.2, -0.15) is 0 Å². The summed E-state index contributed by atoms with van der Waals surface area (Å²) < 4.78 is 33.1. The van der Waals surface area contributed by atoms with Crippen molar-refractivity contribution in [2.24, 2.45) is 0 Å². The summed E-state index contributed by atoms with van der Waals surface area (Å²) in [5, 5.41) is 5.71. The lowest BCUT2D eigenvalue weighted by atomic mass is 10.1. The molecule has 3 aromatic rings.